The highest BCUT2D eigenvalue weighted by Crippen LogP contribution is 2.18. The van der Waals surface area contributed by atoms with Gasteiger partial charge in [-0.25, -0.2) is 8.42 Å². The average Bonchev–Trinajstić information content (AvgIpc) is 2.28. The van der Waals surface area contributed by atoms with E-state index >= 15 is 0 Å². The Morgan fingerprint density at radius 2 is 1.61 bits per heavy atom. The Kier molecular flexibility index (Phi) is 5.02. The van der Waals surface area contributed by atoms with Crippen molar-refractivity contribution in [2.24, 2.45) is 5.92 Å². The first-order valence-electron chi connectivity index (χ1n) is 6.16. The van der Waals surface area contributed by atoms with Gasteiger partial charge in [-0.2, -0.15) is 0 Å². The lowest BCUT2D eigenvalue weighted by Crippen LogP contribution is -2.23. The molecule has 0 aliphatic rings. The maximum Gasteiger partial charge on any atom is 0.229 e. The molecular formula is C13H22N2O2S. The third-order valence-electron chi connectivity index (χ3n) is 3.08. The first kappa shape index (κ1) is 14.8. The summed E-state index contributed by atoms with van der Waals surface area (Å²) in [5.41, 5.74) is 1.58. The number of benzene rings is 1. The normalized spacial score (nSPS) is 14.9. The summed E-state index contributed by atoms with van der Waals surface area (Å²) < 4.78 is 24.6. The summed E-state index contributed by atoms with van der Waals surface area (Å²) in [5, 5.41) is 3.41. The van der Waals surface area contributed by atoms with Gasteiger partial charge < -0.3 is 5.32 Å². The van der Waals surface area contributed by atoms with Crippen molar-refractivity contribution in [2.75, 3.05) is 16.3 Å². The van der Waals surface area contributed by atoms with E-state index in [0.29, 0.717) is 17.6 Å². The van der Waals surface area contributed by atoms with Crippen molar-refractivity contribution in [1.29, 1.82) is 0 Å². The van der Waals surface area contributed by atoms with Gasteiger partial charge in [0.15, 0.2) is 0 Å². The molecule has 0 fully saturated rings. The maximum atomic E-state index is 11.1. The van der Waals surface area contributed by atoms with Crippen LogP contribution in [0, 0.1) is 5.92 Å². The molecule has 0 amide bonds. The Hall–Kier alpha value is -1.23. The van der Waals surface area contributed by atoms with Crippen molar-refractivity contribution in [3.05, 3.63) is 24.3 Å². The van der Waals surface area contributed by atoms with Crippen LogP contribution in [0.25, 0.3) is 0 Å². The highest BCUT2D eigenvalue weighted by Gasteiger charge is 2.09. The molecule has 2 atom stereocenters. The fraction of sp³-hybridized carbons (Fsp3) is 0.538. The van der Waals surface area contributed by atoms with Crippen molar-refractivity contribution >= 4 is 21.4 Å². The van der Waals surface area contributed by atoms with Crippen LogP contribution in [0.2, 0.25) is 0 Å². The molecule has 2 unspecified atom stereocenters. The van der Waals surface area contributed by atoms with Crippen LogP contribution in [0.1, 0.15) is 27.2 Å². The monoisotopic (exact) mass is 270 g/mol. The van der Waals surface area contributed by atoms with Gasteiger partial charge in [0.25, 0.3) is 0 Å². The minimum atomic E-state index is -3.20. The van der Waals surface area contributed by atoms with Crippen molar-refractivity contribution < 1.29 is 8.42 Å². The summed E-state index contributed by atoms with van der Waals surface area (Å²) in [5.74, 6) is 0.596. The molecule has 1 aromatic carbocycles. The van der Waals surface area contributed by atoms with Crippen LogP contribution in [0.4, 0.5) is 11.4 Å². The van der Waals surface area contributed by atoms with E-state index in [0.717, 1.165) is 18.4 Å². The molecule has 18 heavy (non-hydrogen) atoms. The number of sulfonamides is 1. The molecule has 1 aromatic rings. The quantitative estimate of drug-likeness (QED) is 0.835. The Morgan fingerprint density at radius 3 is 2.06 bits per heavy atom. The van der Waals surface area contributed by atoms with Crippen LogP contribution >= 0.6 is 0 Å². The Bertz CT molecular complexity index is 468. The minimum absolute atomic E-state index is 0.392. The van der Waals surface area contributed by atoms with Crippen molar-refractivity contribution in [3.8, 4) is 0 Å². The van der Waals surface area contributed by atoms with Gasteiger partial charge in [-0.1, -0.05) is 20.3 Å². The van der Waals surface area contributed by atoms with E-state index in [4.69, 9.17) is 0 Å². The Balaban J connectivity index is 2.66. The molecular weight excluding hydrogens is 248 g/mol. The van der Waals surface area contributed by atoms with E-state index in [2.05, 4.69) is 30.8 Å². The average molecular weight is 270 g/mol. The SMILES string of the molecule is CCC(C)C(C)Nc1ccc(NS(C)(=O)=O)cc1. The number of hydrogen-bond acceptors (Lipinski definition) is 3. The van der Waals surface area contributed by atoms with Gasteiger partial charge in [0.05, 0.1) is 6.26 Å². The minimum Gasteiger partial charge on any atom is -0.382 e. The van der Waals surface area contributed by atoms with E-state index in [1.165, 1.54) is 0 Å². The standard InChI is InChI=1S/C13H22N2O2S/c1-5-10(2)11(3)14-12-6-8-13(9-7-12)15-18(4,16)17/h6-11,14-15H,5H2,1-4H3. The van der Waals surface area contributed by atoms with Gasteiger partial charge in [0, 0.05) is 17.4 Å². The lowest BCUT2D eigenvalue weighted by molar-refractivity contribution is 0.494. The summed E-state index contributed by atoms with van der Waals surface area (Å²) in [7, 11) is -3.20. The first-order valence-corrected chi connectivity index (χ1v) is 8.05. The van der Waals surface area contributed by atoms with Crippen molar-refractivity contribution in [2.45, 2.75) is 33.2 Å². The second kappa shape index (κ2) is 6.09. The number of rotatable bonds is 6. The van der Waals surface area contributed by atoms with E-state index in [-0.39, 0.29) is 0 Å². The number of nitrogens with one attached hydrogen (secondary N) is 2. The smallest absolute Gasteiger partial charge is 0.229 e. The summed E-state index contributed by atoms with van der Waals surface area (Å²) in [4.78, 5) is 0. The van der Waals surface area contributed by atoms with Gasteiger partial charge in [0.2, 0.25) is 10.0 Å². The van der Waals surface area contributed by atoms with Gasteiger partial charge in [-0.05, 0) is 37.1 Å². The molecule has 5 heteroatoms. The highest BCUT2D eigenvalue weighted by atomic mass is 32.2. The molecule has 0 saturated heterocycles. The first-order chi connectivity index (χ1) is 8.31. The molecule has 2 N–H and O–H groups in total. The molecule has 0 saturated carbocycles. The second-order valence-corrected chi connectivity index (χ2v) is 6.52. The predicted molar refractivity (Wildman–Crippen MR) is 77.4 cm³/mol. The zero-order valence-corrected chi connectivity index (χ0v) is 12.2. The molecule has 0 bridgehead atoms. The molecule has 0 aromatic heterocycles. The van der Waals surface area contributed by atoms with Crippen LogP contribution in [0.5, 0.6) is 0 Å². The van der Waals surface area contributed by atoms with Crippen molar-refractivity contribution in [1.82, 2.24) is 0 Å². The molecule has 0 aliphatic carbocycles. The number of anilines is 2. The predicted octanol–water partition coefficient (Wildman–Crippen LogP) is 2.90. The summed E-state index contributed by atoms with van der Waals surface area (Å²) in [6.07, 6.45) is 2.27. The zero-order chi connectivity index (χ0) is 13.8. The fourth-order valence-electron chi connectivity index (χ4n) is 1.61. The maximum absolute atomic E-state index is 11.1. The molecule has 0 spiro atoms. The van der Waals surface area contributed by atoms with E-state index < -0.39 is 10.0 Å². The largest absolute Gasteiger partial charge is 0.382 e. The Labute approximate surface area is 110 Å². The van der Waals surface area contributed by atoms with Crippen LogP contribution in [0.15, 0.2) is 24.3 Å². The Morgan fingerprint density at radius 1 is 1.11 bits per heavy atom. The van der Waals surface area contributed by atoms with Gasteiger partial charge in [-0.3, -0.25) is 4.72 Å². The third-order valence-corrected chi connectivity index (χ3v) is 3.69. The summed E-state index contributed by atoms with van der Waals surface area (Å²) in [6.45, 7) is 6.52. The fourth-order valence-corrected chi connectivity index (χ4v) is 2.17. The van der Waals surface area contributed by atoms with E-state index in [1.54, 1.807) is 12.1 Å². The van der Waals surface area contributed by atoms with Gasteiger partial charge >= 0.3 is 0 Å². The van der Waals surface area contributed by atoms with E-state index in [9.17, 15) is 8.42 Å². The van der Waals surface area contributed by atoms with Crippen LogP contribution in [-0.2, 0) is 10.0 Å². The van der Waals surface area contributed by atoms with Crippen LogP contribution < -0.4 is 10.0 Å². The van der Waals surface area contributed by atoms with Crippen LogP contribution in [-0.4, -0.2) is 20.7 Å². The lowest BCUT2D eigenvalue weighted by Gasteiger charge is -2.21. The van der Waals surface area contributed by atoms with Crippen LogP contribution in [0.3, 0.4) is 0 Å². The molecule has 0 aliphatic heterocycles. The molecule has 0 radical (unpaired) electrons. The summed E-state index contributed by atoms with van der Waals surface area (Å²) >= 11 is 0. The van der Waals surface area contributed by atoms with E-state index in [1.807, 2.05) is 12.1 Å². The van der Waals surface area contributed by atoms with Crippen molar-refractivity contribution in [3.63, 3.8) is 0 Å². The highest BCUT2D eigenvalue weighted by molar-refractivity contribution is 7.92. The molecule has 0 heterocycles. The zero-order valence-electron chi connectivity index (χ0n) is 11.4. The second-order valence-electron chi connectivity index (χ2n) is 4.77. The summed E-state index contributed by atoms with van der Waals surface area (Å²) in [6, 6.07) is 7.67. The molecule has 4 nitrogen and oxygen atoms in total. The van der Waals surface area contributed by atoms with Gasteiger partial charge in [0.1, 0.15) is 0 Å². The molecule has 1 rings (SSSR count). The van der Waals surface area contributed by atoms with Gasteiger partial charge in [-0.15, -0.1) is 0 Å². The lowest BCUT2D eigenvalue weighted by atomic mass is 10.0. The topological polar surface area (TPSA) is 58.2 Å². The molecule has 102 valence electrons. The third kappa shape index (κ3) is 4.96. The number of hydrogen-bond donors (Lipinski definition) is 2.